The topological polar surface area (TPSA) is 81.1 Å². The van der Waals surface area contributed by atoms with Gasteiger partial charge in [0.1, 0.15) is 0 Å². The van der Waals surface area contributed by atoms with E-state index in [1.165, 1.54) is 11.8 Å². The van der Waals surface area contributed by atoms with E-state index in [-0.39, 0.29) is 23.5 Å². The first-order chi connectivity index (χ1) is 14.3. The average Bonchev–Trinajstić information content (AvgIpc) is 3.21. The van der Waals surface area contributed by atoms with E-state index in [9.17, 15) is 13.2 Å². The van der Waals surface area contributed by atoms with E-state index >= 15 is 0 Å². The van der Waals surface area contributed by atoms with E-state index in [1.54, 1.807) is 0 Å². The van der Waals surface area contributed by atoms with Gasteiger partial charge in [0, 0.05) is 11.1 Å². The van der Waals surface area contributed by atoms with Crippen LogP contribution in [0.3, 0.4) is 0 Å². The molecule has 4 rings (SSSR count). The second kappa shape index (κ2) is 8.61. The minimum absolute atomic E-state index is 0.0150. The molecule has 1 N–H and O–H groups in total. The number of fused-ring (bicyclic) bond motifs is 1. The molecular formula is C21H22ClN3O3S2. The van der Waals surface area contributed by atoms with Crippen molar-refractivity contribution in [1.82, 2.24) is 14.9 Å². The van der Waals surface area contributed by atoms with Gasteiger partial charge in [-0.15, -0.1) is 0 Å². The standard InChI is InChI=1S/C21H22ClN3O3S2/c1-14(20(26)23-17-9-10-30(27,28)13-17)29-21-24-18-11-16(22)7-8-19(18)25(21)12-15-5-3-2-4-6-15/h2-8,11,14,17H,9-10,12-13H2,1H3,(H,23,26). The van der Waals surface area contributed by atoms with Crippen molar-refractivity contribution in [3.05, 3.63) is 59.1 Å². The van der Waals surface area contributed by atoms with Gasteiger partial charge >= 0.3 is 0 Å². The summed E-state index contributed by atoms with van der Waals surface area (Å²) in [5.41, 5.74) is 2.84. The van der Waals surface area contributed by atoms with E-state index < -0.39 is 15.1 Å². The Bertz CT molecular complexity index is 1180. The van der Waals surface area contributed by atoms with Crippen LogP contribution in [0.1, 0.15) is 18.9 Å². The number of carbonyl (C=O) groups is 1. The molecule has 2 atom stereocenters. The molecule has 158 valence electrons. The zero-order valence-electron chi connectivity index (χ0n) is 16.4. The Morgan fingerprint density at radius 2 is 2.07 bits per heavy atom. The fourth-order valence-corrected chi connectivity index (χ4v) is 6.30. The number of sulfone groups is 1. The molecule has 1 aromatic heterocycles. The van der Waals surface area contributed by atoms with E-state index in [4.69, 9.17) is 16.6 Å². The second-order valence-electron chi connectivity index (χ2n) is 7.47. The van der Waals surface area contributed by atoms with Crippen LogP contribution in [-0.2, 0) is 21.2 Å². The van der Waals surface area contributed by atoms with Crippen LogP contribution >= 0.6 is 23.4 Å². The van der Waals surface area contributed by atoms with Crippen LogP contribution in [0.5, 0.6) is 0 Å². The molecule has 3 aromatic rings. The molecule has 0 spiro atoms. The Morgan fingerprint density at radius 3 is 2.77 bits per heavy atom. The van der Waals surface area contributed by atoms with Crippen molar-refractivity contribution in [2.24, 2.45) is 0 Å². The third-order valence-electron chi connectivity index (χ3n) is 5.09. The highest BCUT2D eigenvalue weighted by atomic mass is 35.5. The maximum atomic E-state index is 12.7. The van der Waals surface area contributed by atoms with Crippen molar-refractivity contribution in [1.29, 1.82) is 0 Å². The normalized spacial score (nSPS) is 19.1. The monoisotopic (exact) mass is 463 g/mol. The van der Waals surface area contributed by atoms with Gasteiger partial charge in [-0.2, -0.15) is 0 Å². The molecule has 0 radical (unpaired) electrons. The Balaban J connectivity index is 1.56. The molecule has 0 bridgehead atoms. The average molecular weight is 464 g/mol. The fourth-order valence-electron chi connectivity index (χ4n) is 3.53. The van der Waals surface area contributed by atoms with Crippen LogP contribution in [0.4, 0.5) is 0 Å². The quantitative estimate of drug-likeness (QED) is 0.565. The maximum absolute atomic E-state index is 12.7. The summed E-state index contributed by atoms with van der Waals surface area (Å²) in [6.07, 6.45) is 0.469. The number of carbonyl (C=O) groups excluding carboxylic acids is 1. The Morgan fingerprint density at radius 1 is 1.30 bits per heavy atom. The van der Waals surface area contributed by atoms with Gasteiger partial charge in [-0.05, 0) is 37.1 Å². The maximum Gasteiger partial charge on any atom is 0.233 e. The first kappa shape index (κ1) is 21.2. The molecule has 1 amide bonds. The number of rotatable bonds is 6. The number of imidazole rings is 1. The molecule has 2 heterocycles. The number of halogens is 1. The summed E-state index contributed by atoms with van der Waals surface area (Å²) >= 11 is 7.51. The van der Waals surface area contributed by atoms with Gasteiger partial charge in [-0.1, -0.05) is 53.7 Å². The van der Waals surface area contributed by atoms with Crippen LogP contribution in [0.15, 0.2) is 53.7 Å². The van der Waals surface area contributed by atoms with Crippen LogP contribution in [-0.4, -0.2) is 46.7 Å². The molecule has 1 aliphatic heterocycles. The number of hydrogen-bond donors (Lipinski definition) is 1. The highest BCUT2D eigenvalue weighted by Gasteiger charge is 2.30. The molecule has 1 aliphatic rings. The number of nitrogens with zero attached hydrogens (tertiary/aromatic N) is 2. The number of nitrogens with one attached hydrogen (secondary N) is 1. The molecule has 6 nitrogen and oxygen atoms in total. The van der Waals surface area contributed by atoms with Gasteiger partial charge in [0.2, 0.25) is 5.91 Å². The Kier molecular flexibility index (Phi) is 6.09. The Labute approximate surface area is 184 Å². The van der Waals surface area contributed by atoms with E-state index in [0.29, 0.717) is 18.0 Å². The summed E-state index contributed by atoms with van der Waals surface area (Å²) in [6.45, 7) is 2.43. The number of thioether (sulfide) groups is 1. The van der Waals surface area contributed by atoms with E-state index in [0.717, 1.165) is 21.8 Å². The van der Waals surface area contributed by atoms with E-state index in [2.05, 4.69) is 9.88 Å². The predicted octanol–water partition coefficient (Wildman–Crippen LogP) is 3.52. The molecule has 2 aromatic carbocycles. The van der Waals surface area contributed by atoms with Gasteiger partial charge in [-0.25, -0.2) is 13.4 Å². The van der Waals surface area contributed by atoms with E-state index in [1.807, 2.05) is 55.5 Å². The lowest BCUT2D eigenvalue weighted by Crippen LogP contribution is -2.40. The summed E-state index contributed by atoms with van der Waals surface area (Å²) in [6, 6.07) is 15.3. The summed E-state index contributed by atoms with van der Waals surface area (Å²) < 4.78 is 25.4. The lowest BCUT2D eigenvalue weighted by atomic mass is 10.2. The van der Waals surface area contributed by atoms with Crippen LogP contribution < -0.4 is 5.32 Å². The third-order valence-corrected chi connectivity index (χ3v) is 8.18. The van der Waals surface area contributed by atoms with Crippen molar-refractivity contribution in [3.63, 3.8) is 0 Å². The van der Waals surface area contributed by atoms with Crippen molar-refractivity contribution >= 4 is 50.1 Å². The Hall–Kier alpha value is -2.03. The largest absolute Gasteiger partial charge is 0.351 e. The second-order valence-corrected chi connectivity index (χ2v) is 11.4. The van der Waals surface area contributed by atoms with Gasteiger partial charge in [0.25, 0.3) is 0 Å². The molecule has 9 heteroatoms. The first-order valence-electron chi connectivity index (χ1n) is 9.68. The smallest absolute Gasteiger partial charge is 0.233 e. The predicted molar refractivity (Wildman–Crippen MR) is 121 cm³/mol. The number of amides is 1. The molecule has 30 heavy (non-hydrogen) atoms. The third kappa shape index (κ3) is 4.82. The molecular weight excluding hydrogens is 442 g/mol. The lowest BCUT2D eigenvalue weighted by Gasteiger charge is -2.16. The number of aromatic nitrogens is 2. The van der Waals surface area contributed by atoms with Crippen LogP contribution in [0.2, 0.25) is 5.02 Å². The van der Waals surface area contributed by atoms with Crippen molar-refractivity contribution in [2.75, 3.05) is 11.5 Å². The zero-order chi connectivity index (χ0) is 21.3. The summed E-state index contributed by atoms with van der Waals surface area (Å²) in [4.78, 5) is 17.4. The molecule has 1 saturated heterocycles. The van der Waals surface area contributed by atoms with Gasteiger partial charge < -0.3 is 9.88 Å². The summed E-state index contributed by atoms with van der Waals surface area (Å²) in [7, 11) is -3.04. The minimum Gasteiger partial charge on any atom is -0.351 e. The minimum atomic E-state index is -3.04. The van der Waals surface area contributed by atoms with Crippen molar-refractivity contribution in [3.8, 4) is 0 Å². The summed E-state index contributed by atoms with van der Waals surface area (Å²) in [5.74, 6) is -0.0349. The SMILES string of the molecule is CC(Sc1nc2cc(Cl)ccc2n1Cc1ccccc1)C(=O)NC1CCS(=O)(=O)C1. The summed E-state index contributed by atoms with van der Waals surface area (Å²) in [5, 5.41) is 3.78. The van der Waals surface area contributed by atoms with Crippen molar-refractivity contribution < 1.29 is 13.2 Å². The number of hydrogen-bond acceptors (Lipinski definition) is 5. The molecule has 0 aliphatic carbocycles. The van der Waals surface area contributed by atoms with Gasteiger partial charge in [0.15, 0.2) is 15.0 Å². The molecule has 2 unspecified atom stereocenters. The van der Waals surface area contributed by atoms with Gasteiger partial charge in [0.05, 0.1) is 34.3 Å². The highest BCUT2D eigenvalue weighted by molar-refractivity contribution is 8.00. The molecule has 1 fully saturated rings. The first-order valence-corrected chi connectivity index (χ1v) is 12.8. The highest BCUT2D eigenvalue weighted by Crippen LogP contribution is 2.30. The number of benzene rings is 2. The van der Waals surface area contributed by atoms with Crippen LogP contribution in [0, 0.1) is 0 Å². The lowest BCUT2D eigenvalue weighted by molar-refractivity contribution is -0.120. The van der Waals surface area contributed by atoms with Gasteiger partial charge in [-0.3, -0.25) is 4.79 Å². The van der Waals surface area contributed by atoms with Crippen LogP contribution in [0.25, 0.3) is 11.0 Å². The zero-order valence-corrected chi connectivity index (χ0v) is 18.8. The molecule has 0 saturated carbocycles. The fraction of sp³-hybridized carbons (Fsp3) is 0.333. The van der Waals surface area contributed by atoms with Crippen molar-refractivity contribution in [2.45, 2.75) is 36.3 Å².